The average molecular weight is 689 g/mol. The summed E-state index contributed by atoms with van der Waals surface area (Å²) in [5.74, 6) is -0.456. The highest BCUT2D eigenvalue weighted by Crippen LogP contribution is 2.59. The predicted molar refractivity (Wildman–Crippen MR) is 185 cm³/mol. The SMILES string of the molecule is C=C(NC)C1(CO)SSC(C)(Cc2ccc(CCc3ccc(C[C@@]45SS[C@@](CO)(C(=O)N4C)N(C)C5=O)cc3)cc2)C(=O)N1C. The summed E-state index contributed by atoms with van der Waals surface area (Å²) in [6.45, 7) is 5.34. The number of carbonyl (C=O) groups excluding carboxylic acids is 3. The van der Waals surface area contributed by atoms with Crippen molar-refractivity contribution >= 4 is 60.9 Å². The summed E-state index contributed by atoms with van der Waals surface area (Å²) in [5, 5.41) is 23.1. The first kappa shape index (κ1) is 34.1. The van der Waals surface area contributed by atoms with Crippen LogP contribution in [-0.2, 0) is 40.1 Å². The summed E-state index contributed by atoms with van der Waals surface area (Å²) >= 11 is 0. The normalized spacial score (nSPS) is 29.8. The molecule has 3 amide bonds. The zero-order valence-electron chi connectivity index (χ0n) is 26.2. The van der Waals surface area contributed by atoms with Crippen LogP contribution in [0.1, 0.15) is 29.2 Å². The Hall–Kier alpha value is -2.29. The number of aliphatic hydroxyl groups excluding tert-OH is 2. The maximum atomic E-state index is 13.5. The number of amides is 3. The van der Waals surface area contributed by atoms with Crippen molar-refractivity contribution in [3.63, 3.8) is 0 Å². The van der Waals surface area contributed by atoms with Gasteiger partial charge in [-0.15, -0.1) is 0 Å². The Bertz CT molecular complexity index is 1490. The Morgan fingerprint density at radius 2 is 1.16 bits per heavy atom. The van der Waals surface area contributed by atoms with E-state index in [0.717, 1.165) is 24.0 Å². The van der Waals surface area contributed by atoms with E-state index in [-0.39, 0.29) is 24.3 Å². The van der Waals surface area contributed by atoms with Gasteiger partial charge in [-0.05, 0) is 59.2 Å². The molecule has 9 nitrogen and oxygen atoms in total. The molecule has 45 heavy (non-hydrogen) atoms. The number of aliphatic hydroxyl groups is 2. The molecule has 0 spiro atoms. The van der Waals surface area contributed by atoms with E-state index in [0.29, 0.717) is 18.5 Å². The summed E-state index contributed by atoms with van der Waals surface area (Å²) < 4.78 is -0.675. The topological polar surface area (TPSA) is 113 Å². The van der Waals surface area contributed by atoms with E-state index in [2.05, 4.69) is 48.3 Å². The van der Waals surface area contributed by atoms with Gasteiger partial charge in [0.2, 0.25) is 10.8 Å². The second-order valence-corrected chi connectivity index (χ2v) is 17.6. The Labute approximate surface area is 280 Å². The number of aryl methyl sites for hydroxylation is 2. The molecule has 4 atom stereocenters. The molecule has 6 rings (SSSR count). The Kier molecular flexibility index (Phi) is 9.63. The van der Waals surface area contributed by atoms with E-state index in [1.807, 2.05) is 19.1 Å². The molecule has 0 aromatic heterocycles. The minimum absolute atomic E-state index is 0.0407. The molecule has 4 fully saturated rings. The van der Waals surface area contributed by atoms with Gasteiger partial charge in [0.1, 0.15) is 4.75 Å². The number of hydrogen-bond acceptors (Lipinski definition) is 10. The highest BCUT2D eigenvalue weighted by atomic mass is 33.1. The van der Waals surface area contributed by atoms with Gasteiger partial charge in [0.15, 0.2) is 9.74 Å². The standard InChI is InChI=1S/C32H40N4O5S4/c1-21(33-3)31(19-37)34(4)26(39)29(2,42-44-31)17-24-13-9-22(10-14-24)7-8-23-11-15-25(16-12-23)18-30-27(40)36(6)32(20-38,45-43-30)28(41)35(30)5/h9-16,33,37-38H,1,7-8,17-20H2,2-6H3/t29?,30-,31?,32-/m0/s1. The zero-order chi connectivity index (χ0) is 32.8. The van der Waals surface area contributed by atoms with Crippen LogP contribution < -0.4 is 5.32 Å². The molecule has 13 heteroatoms. The van der Waals surface area contributed by atoms with E-state index < -0.39 is 26.0 Å². The van der Waals surface area contributed by atoms with Crippen LogP contribution in [0.3, 0.4) is 0 Å². The van der Waals surface area contributed by atoms with Crippen LogP contribution in [0.2, 0.25) is 0 Å². The summed E-state index contributed by atoms with van der Waals surface area (Å²) in [6.07, 6.45) is 2.66. The first-order chi connectivity index (χ1) is 21.3. The lowest BCUT2D eigenvalue weighted by molar-refractivity contribution is -0.165. The van der Waals surface area contributed by atoms with Crippen LogP contribution in [-0.4, -0.2) is 103 Å². The molecule has 0 radical (unpaired) electrons. The molecule has 2 bridgehead atoms. The minimum atomic E-state index is -1.25. The lowest BCUT2D eigenvalue weighted by Gasteiger charge is -2.58. The van der Waals surface area contributed by atoms with Gasteiger partial charge in [0, 0.05) is 40.3 Å². The number of nitrogens with zero attached hydrogens (tertiary/aromatic N) is 3. The van der Waals surface area contributed by atoms with Crippen molar-refractivity contribution in [3.05, 3.63) is 83.1 Å². The number of nitrogens with one attached hydrogen (secondary N) is 1. The highest BCUT2D eigenvalue weighted by molar-refractivity contribution is 8.78. The zero-order valence-corrected chi connectivity index (χ0v) is 29.4. The van der Waals surface area contributed by atoms with Crippen molar-refractivity contribution in [3.8, 4) is 0 Å². The van der Waals surface area contributed by atoms with Gasteiger partial charge in [-0.3, -0.25) is 14.4 Å². The molecule has 2 aromatic rings. The molecule has 4 aliphatic rings. The first-order valence-corrected chi connectivity index (χ1v) is 19.0. The van der Waals surface area contributed by atoms with Crippen molar-refractivity contribution in [2.24, 2.45) is 0 Å². The summed E-state index contributed by atoms with van der Waals surface area (Å²) in [5.41, 5.74) is 5.01. The van der Waals surface area contributed by atoms with Gasteiger partial charge in [-0.2, -0.15) is 0 Å². The molecular formula is C32H40N4O5S4. The lowest BCUT2D eigenvalue weighted by Crippen LogP contribution is -2.77. The minimum Gasteiger partial charge on any atom is -0.393 e. The summed E-state index contributed by atoms with van der Waals surface area (Å²) in [6, 6.07) is 16.6. The van der Waals surface area contributed by atoms with Crippen LogP contribution in [0.25, 0.3) is 0 Å². The number of likely N-dealkylation sites (N-methyl/N-ethyl adjacent to an activating group) is 4. The van der Waals surface area contributed by atoms with E-state index >= 15 is 0 Å². The van der Waals surface area contributed by atoms with Gasteiger partial charge in [-0.1, -0.05) is 87.5 Å². The number of benzene rings is 2. The van der Waals surface area contributed by atoms with Crippen LogP contribution >= 0.6 is 43.2 Å². The van der Waals surface area contributed by atoms with Gasteiger partial charge in [0.25, 0.3) is 11.8 Å². The van der Waals surface area contributed by atoms with Gasteiger partial charge < -0.3 is 30.2 Å². The lowest BCUT2D eigenvalue weighted by atomic mass is 9.95. The van der Waals surface area contributed by atoms with E-state index in [1.54, 1.807) is 33.1 Å². The Morgan fingerprint density at radius 1 is 0.689 bits per heavy atom. The van der Waals surface area contributed by atoms with Crippen molar-refractivity contribution in [2.75, 3.05) is 41.4 Å². The molecule has 0 aliphatic carbocycles. The van der Waals surface area contributed by atoms with Gasteiger partial charge in [0.05, 0.1) is 13.2 Å². The number of carbonyl (C=O) groups is 3. The molecule has 4 aliphatic heterocycles. The van der Waals surface area contributed by atoms with E-state index in [1.165, 1.54) is 64.1 Å². The van der Waals surface area contributed by atoms with E-state index in [9.17, 15) is 24.6 Å². The molecule has 4 heterocycles. The van der Waals surface area contributed by atoms with Crippen LogP contribution in [0.5, 0.6) is 0 Å². The molecule has 2 aromatic carbocycles. The quantitative estimate of drug-likeness (QED) is 0.304. The van der Waals surface area contributed by atoms with Crippen molar-refractivity contribution in [1.29, 1.82) is 0 Å². The first-order valence-electron chi connectivity index (χ1n) is 14.7. The third-order valence-corrected chi connectivity index (χ3v) is 16.9. The highest BCUT2D eigenvalue weighted by Gasteiger charge is 2.67. The Morgan fingerprint density at radius 3 is 1.67 bits per heavy atom. The van der Waals surface area contributed by atoms with Crippen LogP contribution in [0.15, 0.2) is 60.8 Å². The van der Waals surface area contributed by atoms with Crippen molar-refractivity contribution in [1.82, 2.24) is 20.0 Å². The number of rotatable bonds is 11. The number of hydrogen-bond donors (Lipinski definition) is 3. The van der Waals surface area contributed by atoms with Crippen LogP contribution in [0, 0.1) is 0 Å². The summed E-state index contributed by atoms with van der Waals surface area (Å²) in [4.78, 5) is 41.3. The number of piperazine rings is 1. The molecule has 0 saturated carbocycles. The maximum Gasteiger partial charge on any atom is 0.263 e. The molecular weight excluding hydrogens is 649 g/mol. The largest absolute Gasteiger partial charge is 0.393 e. The molecule has 242 valence electrons. The second kappa shape index (κ2) is 12.7. The Balaban J connectivity index is 1.18. The van der Waals surface area contributed by atoms with Crippen LogP contribution in [0.4, 0.5) is 0 Å². The van der Waals surface area contributed by atoms with Gasteiger partial charge >= 0.3 is 0 Å². The molecule has 4 saturated heterocycles. The molecule has 3 N–H and O–H groups in total. The molecule has 2 unspecified atom stereocenters. The fourth-order valence-corrected chi connectivity index (χ4v) is 13.0. The number of fused-ring (bicyclic) bond motifs is 3. The van der Waals surface area contributed by atoms with E-state index in [4.69, 9.17) is 0 Å². The van der Waals surface area contributed by atoms with Crippen molar-refractivity contribution < 1.29 is 24.6 Å². The second-order valence-electron chi connectivity index (χ2n) is 12.0. The third kappa shape index (κ3) is 5.57. The fourth-order valence-electron chi connectivity index (χ4n) is 6.04. The maximum absolute atomic E-state index is 13.5. The van der Waals surface area contributed by atoms with Gasteiger partial charge in [-0.25, -0.2) is 0 Å². The third-order valence-electron chi connectivity index (χ3n) is 9.28. The monoisotopic (exact) mass is 688 g/mol. The van der Waals surface area contributed by atoms with Crippen molar-refractivity contribution in [2.45, 2.75) is 52.0 Å². The average Bonchev–Trinajstić information content (AvgIpc) is 3.05. The fraction of sp³-hybridized carbons (Fsp3) is 0.469. The smallest absolute Gasteiger partial charge is 0.263 e. The predicted octanol–water partition coefficient (Wildman–Crippen LogP) is 3.30. The summed E-state index contributed by atoms with van der Waals surface area (Å²) in [7, 11) is 12.3.